The lowest BCUT2D eigenvalue weighted by atomic mass is 10.0. The number of aryl methyl sites for hydroxylation is 3. The summed E-state index contributed by atoms with van der Waals surface area (Å²) < 4.78 is 28.3. The van der Waals surface area contributed by atoms with Gasteiger partial charge in [-0.3, -0.25) is 0 Å². The molecule has 1 aromatic heterocycles. The van der Waals surface area contributed by atoms with Crippen molar-refractivity contribution >= 4 is 26.9 Å². The number of sulfonamides is 1. The second-order valence-corrected chi connectivity index (χ2v) is 8.97. The molecular formula is C23H19N3O2S. The van der Waals surface area contributed by atoms with E-state index >= 15 is 0 Å². The number of nitrogens with one attached hydrogen (secondary N) is 1. The van der Waals surface area contributed by atoms with Gasteiger partial charge < -0.3 is 0 Å². The summed E-state index contributed by atoms with van der Waals surface area (Å²) in [6.45, 7) is 1.92. The van der Waals surface area contributed by atoms with Crippen molar-refractivity contribution in [3.05, 3.63) is 83.4 Å². The van der Waals surface area contributed by atoms with Crippen LogP contribution in [0.1, 0.15) is 16.7 Å². The van der Waals surface area contributed by atoms with Gasteiger partial charge >= 0.3 is 0 Å². The number of hydrogen-bond acceptors (Lipinski definition) is 4. The van der Waals surface area contributed by atoms with Crippen LogP contribution in [0.2, 0.25) is 0 Å². The van der Waals surface area contributed by atoms with Crippen LogP contribution in [0.15, 0.2) is 71.6 Å². The van der Waals surface area contributed by atoms with E-state index in [2.05, 4.69) is 26.8 Å². The Morgan fingerprint density at radius 2 is 1.55 bits per heavy atom. The zero-order chi connectivity index (χ0) is 20.0. The van der Waals surface area contributed by atoms with Gasteiger partial charge in [0.2, 0.25) is 5.95 Å². The third kappa shape index (κ3) is 3.15. The first-order valence-corrected chi connectivity index (χ1v) is 11.0. The highest BCUT2D eigenvalue weighted by Crippen LogP contribution is 2.36. The minimum atomic E-state index is -3.78. The van der Waals surface area contributed by atoms with Crippen LogP contribution in [-0.2, 0) is 22.9 Å². The number of aromatic nitrogens is 2. The molecule has 4 aromatic rings. The minimum Gasteiger partial charge on any atom is -0.247 e. The molecule has 1 aliphatic rings. The average Bonchev–Trinajstić information content (AvgIpc) is 2.87. The molecule has 6 heteroatoms. The monoisotopic (exact) mass is 401 g/mol. The zero-order valence-corrected chi connectivity index (χ0v) is 16.7. The first-order chi connectivity index (χ1) is 14.0. The molecule has 0 saturated heterocycles. The Kier molecular flexibility index (Phi) is 4.10. The Morgan fingerprint density at radius 3 is 2.38 bits per heavy atom. The highest BCUT2D eigenvalue weighted by molar-refractivity contribution is 7.92. The van der Waals surface area contributed by atoms with Crippen molar-refractivity contribution in [3.8, 4) is 11.3 Å². The molecule has 0 spiro atoms. The van der Waals surface area contributed by atoms with E-state index in [0.29, 0.717) is 0 Å². The molecule has 0 radical (unpaired) electrons. The van der Waals surface area contributed by atoms with Gasteiger partial charge in [0.1, 0.15) is 0 Å². The number of rotatable bonds is 3. The van der Waals surface area contributed by atoms with Crippen molar-refractivity contribution in [3.63, 3.8) is 0 Å². The molecule has 5 nitrogen and oxygen atoms in total. The fraction of sp³-hybridized carbons (Fsp3) is 0.130. The van der Waals surface area contributed by atoms with Crippen LogP contribution in [0.3, 0.4) is 0 Å². The molecule has 3 aromatic carbocycles. The summed E-state index contributed by atoms with van der Waals surface area (Å²) in [4.78, 5) is 9.37. The van der Waals surface area contributed by atoms with Gasteiger partial charge in [0.15, 0.2) is 0 Å². The molecule has 0 aliphatic heterocycles. The van der Waals surface area contributed by atoms with Crippen LogP contribution in [0, 0.1) is 6.92 Å². The Balaban J connectivity index is 1.68. The van der Waals surface area contributed by atoms with Crippen molar-refractivity contribution in [2.45, 2.75) is 24.7 Å². The summed E-state index contributed by atoms with van der Waals surface area (Å²) in [6.07, 6.45) is 1.81. The van der Waals surface area contributed by atoms with E-state index in [1.54, 1.807) is 24.3 Å². The zero-order valence-electron chi connectivity index (χ0n) is 15.9. The summed E-state index contributed by atoms with van der Waals surface area (Å²) in [6, 6.07) is 20.8. The van der Waals surface area contributed by atoms with Crippen LogP contribution in [0.5, 0.6) is 0 Å². The van der Waals surface area contributed by atoms with E-state index < -0.39 is 10.0 Å². The molecule has 1 N–H and O–H groups in total. The third-order valence-electron chi connectivity index (χ3n) is 5.30. The molecule has 0 saturated carbocycles. The van der Waals surface area contributed by atoms with Gasteiger partial charge in [-0.1, -0.05) is 54.1 Å². The van der Waals surface area contributed by atoms with Gasteiger partial charge in [-0.25, -0.2) is 23.1 Å². The second kappa shape index (κ2) is 6.67. The van der Waals surface area contributed by atoms with Crippen LogP contribution >= 0.6 is 0 Å². The molecule has 1 heterocycles. The molecular weight excluding hydrogens is 382 g/mol. The molecule has 0 atom stereocenters. The Hall–Kier alpha value is -3.25. The summed E-state index contributed by atoms with van der Waals surface area (Å²) in [7, 11) is -3.78. The fourth-order valence-electron chi connectivity index (χ4n) is 3.84. The smallest absolute Gasteiger partial charge is 0.247 e. The van der Waals surface area contributed by atoms with E-state index in [-0.39, 0.29) is 10.8 Å². The average molecular weight is 401 g/mol. The number of fused-ring (bicyclic) bond motifs is 2. The lowest BCUT2D eigenvalue weighted by Gasteiger charge is -2.12. The first-order valence-electron chi connectivity index (χ1n) is 9.49. The highest BCUT2D eigenvalue weighted by Gasteiger charge is 2.21. The van der Waals surface area contributed by atoms with E-state index in [4.69, 9.17) is 0 Å². The van der Waals surface area contributed by atoms with E-state index in [0.717, 1.165) is 40.6 Å². The second-order valence-electron chi connectivity index (χ2n) is 7.28. The largest absolute Gasteiger partial charge is 0.264 e. The molecule has 5 rings (SSSR count). The fourth-order valence-corrected chi connectivity index (χ4v) is 4.78. The van der Waals surface area contributed by atoms with Gasteiger partial charge in [-0.15, -0.1) is 0 Å². The maximum Gasteiger partial charge on any atom is 0.264 e. The topological polar surface area (TPSA) is 72.0 Å². The summed E-state index contributed by atoms with van der Waals surface area (Å²) in [5.74, 6) is 0.0851. The predicted octanol–water partition coefficient (Wildman–Crippen LogP) is 4.50. The molecule has 144 valence electrons. The highest BCUT2D eigenvalue weighted by atomic mass is 32.2. The Bertz CT molecular complexity index is 1350. The number of nitrogens with zero attached hydrogens (tertiary/aromatic N) is 2. The lowest BCUT2D eigenvalue weighted by Crippen LogP contribution is -2.15. The summed E-state index contributed by atoms with van der Waals surface area (Å²) in [5.41, 5.74) is 5.93. The van der Waals surface area contributed by atoms with Gasteiger partial charge in [0.25, 0.3) is 10.0 Å². The van der Waals surface area contributed by atoms with Crippen LogP contribution < -0.4 is 4.72 Å². The quantitative estimate of drug-likeness (QED) is 0.548. The summed E-state index contributed by atoms with van der Waals surface area (Å²) in [5, 5.41) is 0.996. The van der Waals surface area contributed by atoms with Crippen LogP contribution in [0.4, 0.5) is 5.95 Å². The SMILES string of the molecule is Cc1ccc(S(=O)(=O)Nc2nc3c4c(cccc4n2)CCc2ccccc2-3)cc1. The Labute approximate surface area is 169 Å². The molecule has 29 heavy (non-hydrogen) atoms. The van der Waals surface area contributed by atoms with Crippen molar-refractivity contribution in [2.24, 2.45) is 0 Å². The normalized spacial score (nSPS) is 13.0. The van der Waals surface area contributed by atoms with Gasteiger partial charge in [-0.05, 0) is 49.1 Å². The maximum atomic E-state index is 12.9. The molecule has 1 aliphatic carbocycles. The summed E-state index contributed by atoms with van der Waals surface area (Å²) >= 11 is 0. The predicted molar refractivity (Wildman–Crippen MR) is 114 cm³/mol. The standard InChI is InChI=1S/C23H19N3O2S/c1-15-9-13-18(14-10-15)29(27,28)26-23-24-20-8-4-6-17-12-11-16-5-2-3-7-19(16)22(25-23)21(17)20/h2-10,13-14H,11-12H2,1H3,(H,24,25,26). The van der Waals surface area contributed by atoms with Crippen LogP contribution in [-0.4, -0.2) is 18.4 Å². The van der Waals surface area contributed by atoms with Crippen molar-refractivity contribution in [1.29, 1.82) is 0 Å². The van der Waals surface area contributed by atoms with Crippen molar-refractivity contribution in [1.82, 2.24) is 9.97 Å². The third-order valence-corrected chi connectivity index (χ3v) is 6.65. The molecule has 0 fully saturated rings. The molecule has 0 bridgehead atoms. The van der Waals surface area contributed by atoms with E-state index in [9.17, 15) is 8.42 Å². The molecule has 0 amide bonds. The molecule has 0 unspecified atom stereocenters. The number of anilines is 1. The number of hydrogen-bond donors (Lipinski definition) is 1. The van der Waals surface area contributed by atoms with Crippen LogP contribution in [0.25, 0.3) is 22.2 Å². The maximum absolute atomic E-state index is 12.9. The number of benzene rings is 3. The lowest BCUT2D eigenvalue weighted by molar-refractivity contribution is 0.601. The van der Waals surface area contributed by atoms with E-state index in [1.165, 1.54) is 11.1 Å². The van der Waals surface area contributed by atoms with Gasteiger partial charge in [0.05, 0.1) is 16.1 Å². The van der Waals surface area contributed by atoms with Gasteiger partial charge in [-0.2, -0.15) is 0 Å². The van der Waals surface area contributed by atoms with Crippen molar-refractivity contribution in [2.75, 3.05) is 4.72 Å². The first kappa shape index (κ1) is 17.8. The van der Waals surface area contributed by atoms with Gasteiger partial charge in [0, 0.05) is 10.9 Å². The minimum absolute atomic E-state index is 0.0851. The Morgan fingerprint density at radius 1 is 0.828 bits per heavy atom. The van der Waals surface area contributed by atoms with E-state index in [1.807, 2.05) is 37.3 Å². The van der Waals surface area contributed by atoms with Crippen molar-refractivity contribution < 1.29 is 8.42 Å².